The maximum absolute atomic E-state index is 12.6. The molecule has 2 aromatic carbocycles. The third-order valence-corrected chi connectivity index (χ3v) is 5.42. The minimum atomic E-state index is -2.94. The third kappa shape index (κ3) is 5.07. The first-order valence-corrected chi connectivity index (χ1v) is 10.3. The number of ether oxygens (including phenoxy) is 1. The first-order chi connectivity index (χ1) is 15.0. The van der Waals surface area contributed by atoms with Crippen LogP contribution in [0.1, 0.15) is 15.9 Å². The van der Waals surface area contributed by atoms with Crippen molar-refractivity contribution in [3.05, 3.63) is 82.5 Å². The highest BCUT2D eigenvalue weighted by atomic mass is 35.5. The van der Waals surface area contributed by atoms with Crippen molar-refractivity contribution in [1.29, 1.82) is 0 Å². The number of anilines is 1. The molecule has 0 fully saturated rings. The van der Waals surface area contributed by atoms with E-state index < -0.39 is 6.61 Å². The summed E-state index contributed by atoms with van der Waals surface area (Å²) in [7, 11) is 0. The number of carbonyl (C=O) groups is 1. The topological polar surface area (TPSA) is 69.0 Å². The molecule has 0 aliphatic carbocycles. The van der Waals surface area contributed by atoms with E-state index in [-0.39, 0.29) is 11.7 Å². The summed E-state index contributed by atoms with van der Waals surface area (Å²) in [4.78, 5) is 16.9. The number of para-hydroxylation sites is 1. The highest BCUT2D eigenvalue weighted by Crippen LogP contribution is 2.33. The molecule has 0 radical (unpaired) electrons. The summed E-state index contributed by atoms with van der Waals surface area (Å²) in [6.07, 6.45) is 3.06. The molecule has 2 aromatic heterocycles. The van der Waals surface area contributed by atoms with E-state index in [1.807, 2.05) is 18.2 Å². The molecule has 4 aromatic rings. The number of halogens is 3. The van der Waals surface area contributed by atoms with Crippen molar-refractivity contribution in [3.63, 3.8) is 0 Å². The fourth-order valence-electron chi connectivity index (χ4n) is 2.87. The van der Waals surface area contributed by atoms with Gasteiger partial charge in [-0.2, -0.15) is 13.9 Å². The van der Waals surface area contributed by atoms with Gasteiger partial charge in [0.1, 0.15) is 5.75 Å². The number of carbonyl (C=O) groups excluding carboxylic acids is 1. The van der Waals surface area contributed by atoms with Crippen LogP contribution in [-0.2, 0) is 6.54 Å². The van der Waals surface area contributed by atoms with Crippen LogP contribution in [0.3, 0.4) is 0 Å². The van der Waals surface area contributed by atoms with E-state index >= 15 is 0 Å². The van der Waals surface area contributed by atoms with E-state index in [2.05, 4.69) is 20.1 Å². The van der Waals surface area contributed by atoms with Crippen LogP contribution in [-0.4, -0.2) is 27.3 Å². The number of hydrogen-bond donors (Lipinski definition) is 1. The molecule has 31 heavy (non-hydrogen) atoms. The van der Waals surface area contributed by atoms with E-state index in [0.29, 0.717) is 33.5 Å². The molecule has 0 saturated carbocycles. The summed E-state index contributed by atoms with van der Waals surface area (Å²) >= 11 is 7.34. The molecule has 1 amide bonds. The van der Waals surface area contributed by atoms with E-state index in [9.17, 15) is 13.6 Å². The summed E-state index contributed by atoms with van der Waals surface area (Å²) in [6, 6.07) is 13.7. The molecule has 0 spiro atoms. The van der Waals surface area contributed by atoms with Gasteiger partial charge in [0.05, 0.1) is 24.0 Å². The zero-order chi connectivity index (χ0) is 21.8. The zero-order valence-corrected chi connectivity index (χ0v) is 17.4. The number of amides is 1. The largest absolute Gasteiger partial charge is 0.434 e. The molecule has 2 heterocycles. The number of rotatable bonds is 7. The lowest BCUT2D eigenvalue weighted by atomic mass is 10.1. The van der Waals surface area contributed by atoms with E-state index in [1.54, 1.807) is 40.5 Å². The molecule has 0 aliphatic rings. The van der Waals surface area contributed by atoms with Gasteiger partial charge in [0.25, 0.3) is 5.91 Å². The molecular weight excluding hydrogens is 446 g/mol. The Morgan fingerprint density at radius 2 is 1.97 bits per heavy atom. The number of hydrogen-bond acceptors (Lipinski definition) is 5. The summed E-state index contributed by atoms with van der Waals surface area (Å²) in [5, 5.41) is 9.50. The number of nitrogens with one attached hydrogen (secondary N) is 1. The average Bonchev–Trinajstić information content (AvgIpc) is 3.39. The predicted molar refractivity (Wildman–Crippen MR) is 115 cm³/mol. The summed E-state index contributed by atoms with van der Waals surface area (Å²) in [5.41, 5.74) is 2.07. The highest BCUT2D eigenvalue weighted by Gasteiger charge is 2.16. The van der Waals surface area contributed by atoms with Crippen LogP contribution < -0.4 is 10.1 Å². The summed E-state index contributed by atoms with van der Waals surface area (Å²) < 4.78 is 31.4. The average molecular weight is 461 g/mol. The minimum absolute atomic E-state index is 0.0153. The maximum Gasteiger partial charge on any atom is 0.387 e. The van der Waals surface area contributed by atoms with Crippen molar-refractivity contribution in [2.45, 2.75) is 13.2 Å². The van der Waals surface area contributed by atoms with Gasteiger partial charge in [0.15, 0.2) is 5.13 Å². The van der Waals surface area contributed by atoms with Gasteiger partial charge in [-0.1, -0.05) is 41.9 Å². The molecule has 158 valence electrons. The second-order valence-corrected chi connectivity index (χ2v) is 7.65. The highest BCUT2D eigenvalue weighted by molar-refractivity contribution is 7.14. The number of thiazole rings is 1. The maximum atomic E-state index is 12.6. The lowest BCUT2D eigenvalue weighted by Gasteiger charge is -2.08. The van der Waals surface area contributed by atoms with Crippen LogP contribution in [0.25, 0.3) is 11.3 Å². The molecule has 4 rings (SSSR count). The molecule has 0 unspecified atom stereocenters. The zero-order valence-electron chi connectivity index (χ0n) is 15.8. The Bertz CT molecular complexity index is 1210. The lowest BCUT2D eigenvalue weighted by Crippen LogP contribution is -2.11. The Morgan fingerprint density at radius 3 is 2.77 bits per heavy atom. The standard InChI is InChI=1S/C21H15ClF2N4O2S/c22-16-7-3-1-5-13(16)10-28-11-14(9-25-28)19(29)27-21-26-17(12-31-21)15-6-2-4-8-18(15)30-20(23)24/h1-9,11-12,20H,10H2,(H,26,27,29). The molecule has 0 saturated heterocycles. The van der Waals surface area contributed by atoms with Gasteiger partial charge in [0.2, 0.25) is 0 Å². The van der Waals surface area contributed by atoms with Gasteiger partial charge in [-0.3, -0.25) is 14.8 Å². The first kappa shape index (κ1) is 21.0. The number of alkyl halides is 2. The van der Waals surface area contributed by atoms with Crippen molar-refractivity contribution >= 4 is 34.0 Å². The Labute approximate surface area is 185 Å². The van der Waals surface area contributed by atoms with Gasteiger partial charge >= 0.3 is 6.61 Å². The van der Waals surface area contributed by atoms with Gasteiger partial charge in [-0.05, 0) is 23.8 Å². The first-order valence-electron chi connectivity index (χ1n) is 9.06. The number of aromatic nitrogens is 3. The van der Waals surface area contributed by atoms with Crippen molar-refractivity contribution in [2.24, 2.45) is 0 Å². The van der Waals surface area contributed by atoms with Crippen molar-refractivity contribution in [2.75, 3.05) is 5.32 Å². The van der Waals surface area contributed by atoms with Gasteiger partial charge in [-0.25, -0.2) is 4.98 Å². The molecule has 1 N–H and O–H groups in total. The SMILES string of the molecule is O=C(Nc1nc(-c2ccccc2OC(F)F)cs1)c1cnn(Cc2ccccc2Cl)c1. The smallest absolute Gasteiger partial charge is 0.387 e. The fourth-order valence-corrected chi connectivity index (χ4v) is 3.77. The van der Waals surface area contributed by atoms with Crippen LogP contribution in [0.2, 0.25) is 5.02 Å². The second kappa shape index (κ2) is 9.23. The van der Waals surface area contributed by atoms with Crippen molar-refractivity contribution in [1.82, 2.24) is 14.8 Å². The van der Waals surface area contributed by atoms with Crippen LogP contribution in [0, 0.1) is 0 Å². The van der Waals surface area contributed by atoms with Crippen LogP contribution >= 0.6 is 22.9 Å². The van der Waals surface area contributed by atoms with Crippen LogP contribution in [0.5, 0.6) is 5.75 Å². The fraction of sp³-hybridized carbons (Fsp3) is 0.0952. The predicted octanol–water partition coefficient (Wildman–Crippen LogP) is 5.56. The Morgan fingerprint density at radius 1 is 1.19 bits per heavy atom. The van der Waals surface area contributed by atoms with E-state index in [1.165, 1.54) is 23.6 Å². The number of nitrogens with zero attached hydrogens (tertiary/aromatic N) is 3. The van der Waals surface area contributed by atoms with Gasteiger partial charge in [-0.15, -0.1) is 11.3 Å². The second-order valence-electron chi connectivity index (χ2n) is 6.38. The van der Waals surface area contributed by atoms with Crippen LogP contribution in [0.15, 0.2) is 66.3 Å². The molecule has 0 atom stereocenters. The Hall–Kier alpha value is -3.30. The van der Waals surface area contributed by atoms with E-state index in [4.69, 9.17) is 11.6 Å². The van der Waals surface area contributed by atoms with Crippen molar-refractivity contribution < 1.29 is 18.3 Å². The molecule has 10 heteroatoms. The van der Waals surface area contributed by atoms with Crippen LogP contribution in [0.4, 0.5) is 13.9 Å². The van der Waals surface area contributed by atoms with Crippen molar-refractivity contribution in [3.8, 4) is 17.0 Å². The minimum Gasteiger partial charge on any atom is -0.434 e. The third-order valence-electron chi connectivity index (χ3n) is 4.29. The Kier molecular flexibility index (Phi) is 6.24. The molecule has 0 bridgehead atoms. The lowest BCUT2D eigenvalue weighted by molar-refractivity contribution is -0.0494. The Balaban J connectivity index is 1.46. The summed E-state index contributed by atoms with van der Waals surface area (Å²) in [6.45, 7) is -2.52. The monoisotopic (exact) mass is 460 g/mol. The molecule has 6 nitrogen and oxygen atoms in total. The summed E-state index contributed by atoms with van der Waals surface area (Å²) in [5.74, 6) is -0.370. The molecule has 0 aliphatic heterocycles. The quantitative estimate of drug-likeness (QED) is 0.392. The van der Waals surface area contributed by atoms with E-state index in [0.717, 1.165) is 5.56 Å². The number of benzene rings is 2. The van der Waals surface area contributed by atoms with Gasteiger partial charge < -0.3 is 4.74 Å². The van der Waals surface area contributed by atoms with Gasteiger partial charge in [0, 0.05) is 22.2 Å². The molecular formula is C21H15ClF2N4O2S. The normalized spacial score (nSPS) is 11.0.